The van der Waals surface area contributed by atoms with Crippen molar-refractivity contribution >= 4 is 22.4 Å². The number of hydrogen-bond donors (Lipinski definition) is 1. The summed E-state index contributed by atoms with van der Waals surface area (Å²) in [6, 6.07) is 2.48. The van der Waals surface area contributed by atoms with Crippen molar-refractivity contribution in [1.82, 2.24) is 9.62 Å². The van der Waals surface area contributed by atoms with E-state index in [2.05, 4.69) is 5.32 Å². The average Bonchev–Trinajstić information content (AvgIpc) is 2.26. The lowest BCUT2D eigenvalue weighted by molar-refractivity contribution is 0.262. The van der Waals surface area contributed by atoms with E-state index in [1.165, 1.54) is 4.31 Å². The normalized spacial score (nSPS) is 24.2. The van der Waals surface area contributed by atoms with E-state index in [1.807, 2.05) is 13.8 Å². The molecule has 2 atom stereocenters. The van der Waals surface area contributed by atoms with Crippen molar-refractivity contribution < 1.29 is 17.2 Å². The molecule has 0 spiro atoms. The van der Waals surface area contributed by atoms with E-state index in [1.54, 1.807) is 0 Å². The third kappa shape index (κ3) is 3.46. The Balaban J connectivity index is 0.00000200. The van der Waals surface area contributed by atoms with Crippen molar-refractivity contribution in [2.75, 3.05) is 13.1 Å². The molecule has 0 aromatic heterocycles. The molecule has 0 radical (unpaired) electrons. The van der Waals surface area contributed by atoms with Crippen molar-refractivity contribution in [2.45, 2.75) is 30.8 Å². The number of hydrogen-bond acceptors (Lipinski definition) is 3. The molecule has 8 heteroatoms. The predicted octanol–water partition coefficient (Wildman–Crippen LogP) is 1.76. The Labute approximate surface area is 123 Å². The van der Waals surface area contributed by atoms with Gasteiger partial charge in [-0.1, -0.05) is 0 Å². The lowest BCUT2D eigenvalue weighted by Gasteiger charge is -2.35. The summed E-state index contributed by atoms with van der Waals surface area (Å²) in [4.78, 5) is -0.477. The number of rotatable bonds is 2. The number of halogens is 3. The van der Waals surface area contributed by atoms with E-state index in [0.717, 1.165) is 12.1 Å². The Morgan fingerprint density at radius 1 is 1.20 bits per heavy atom. The highest BCUT2D eigenvalue weighted by Gasteiger charge is 2.33. The zero-order valence-corrected chi connectivity index (χ0v) is 12.8. The second kappa shape index (κ2) is 6.34. The van der Waals surface area contributed by atoms with Crippen molar-refractivity contribution in [3.63, 3.8) is 0 Å². The molecule has 0 saturated carbocycles. The van der Waals surface area contributed by atoms with Crippen LogP contribution in [-0.4, -0.2) is 37.9 Å². The van der Waals surface area contributed by atoms with Crippen LogP contribution >= 0.6 is 12.4 Å². The molecule has 2 unspecified atom stereocenters. The van der Waals surface area contributed by atoms with Crippen LogP contribution < -0.4 is 5.32 Å². The average molecular weight is 327 g/mol. The Morgan fingerprint density at radius 2 is 1.75 bits per heavy atom. The van der Waals surface area contributed by atoms with Crippen LogP contribution in [0.15, 0.2) is 23.1 Å². The second-order valence-corrected chi connectivity index (χ2v) is 6.77. The van der Waals surface area contributed by atoms with Crippen molar-refractivity contribution in [1.29, 1.82) is 0 Å². The summed E-state index contributed by atoms with van der Waals surface area (Å²) in [5.74, 6) is -1.85. The Morgan fingerprint density at radius 3 is 2.25 bits per heavy atom. The first-order valence-electron chi connectivity index (χ1n) is 6.02. The van der Waals surface area contributed by atoms with E-state index < -0.39 is 26.6 Å². The van der Waals surface area contributed by atoms with Crippen LogP contribution in [0.1, 0.15) is 13.8 Å². The van der Waals surface area contributed by atoms with Gasteiger partial charge >= 0.3 is 0 Å². The molecule has 1 saturated heterocycles. The number of nitrogens with one attached hydrogen (secondary N) is 1. The van der Waals surface area contributed by atoms with Crippen molar-refractivity contribution in [2.24, 2.45) is 0 Å². The van der Waals surface area contributed by atoms with Crippen LogP contribution in [0.3, 0.4) is 0 Å². The standard InChI is InChI=1S/C12H16F2N2O2S.ClH/c1-8-6-16(7-9(2)15-8)19(17,18)12-4-3-10(13)5-11(12)14;/h3-5,8-9,15H,6-7H2,1-2H3;1H. The highest BCUT2D eigenvalue weighted by atomic mass is 35.5. The molecular weight excluding hydrogens is 310 g/mol. The van der Waals surface area contributed by atoms with E-state index in [4.69, 9.17) is 0 Å². The van der Waals surface area contributed by atoms with Gasteiger partial charge in [0.15, 0.2) is 0 Å². The van der Waals surface area contributed by atoms with Gasteiger partial charge in [0, 0.05) is 31.2 Å². The van der Waals surface area contributed by atoms with Crippen LogP contribution in [0.2, 0.25) is 0 Å². The van der Waals surface area contributed by atoms with E-state index in [9.17, 15) is 17.2 Å². The molecule has 1 N–H and O–H groups in total. The minimum absolute atomic E-state index is 0. The van der Waals surface area contributed by atoms with Crippen molar-refractivity contribution in [3.05, 3.63) is 29.8 Å². The maximum Gasteiger partial charge on any atom is 0.246 e. The van der Waals surface area contributed by atoms with Crippen LogP contribution in [0.4, 0.5) is 8.78 Å². The third-order valence-electron chi connectivity index (χ3n) is 3.04. The quantitative estimate of drug-likeness (QED) is 0.901. The van der Waals surface area contributed by atoms with Crippen LogP contribution in [-0.2, 0) is 10.0 Å². The summed E-state index contributed by atoms with van der Waals surface area (Å²) in [7, 11) is -3.92. The van der Waals surface area contributed by atoms with Gasteiger partial charge in [-0.15, -0.1) is 12.4 Å². The molecule has 0 aliphatic carbocycles. The minimum Gasteiger partial charge on any atom is -0.309 e. The largest absolute Gasteiger partial charge is 0.309 e. The summed E-state index contributed by atoms with van der Waals surface area (Å²) in [6.45, 7) is 4.26. The van der Waals surface area contributed by atoms with E-state index in [-0.39, 0.29) is 37.6 Å². The van der Waals surface area contributed by atoms with Gasteiger partial charge in [0.1, 0.15) is 16.5 Å². The first-order chi connectivity index (χ1) is 8.80. The minimum atomic E-state index is -3.92. The van der Waals surface area contributed by atoms with Gasteiger partial charge in [-0.25, -0.2) is 17.2 Å². The van der Waals surface area contributed by atoms with Gasteiger partial charge in [-0.05, 0) is 26.0 Å². The maximum absolute atomic E-state index is 13.6. The van der Waals surface area contributed by atoms with Crippen molar-refractivity contribution in [3.8, 4) is 0 Å². The first kappa shape index (κ1) is 17.3. The van der Waals surface area contributed by atoms with Gasteiger partial charge in [-0.3, -0.25) is 0 Å². The zero-order chi connectivity index (χ0) is 14.2. The molecule has 0 amide bonds. The fraction of sp³-hybridized carbons (Fsp3) is 0.500. The summed E-state index contributed by atoms with van der Waals surface area (Å²) in [5.41, 5.74) is 0. The second-order valence-electron chi connectivity index (χ2n) is 4.87. The summed E-state index contributed by atoms with van der Waals surface area (Å²) in [6.07, 6.45) is 0. The van der Waals surface area contributed by atoms with Crippen LogP contribution in [0.25, 0.3) is 0 Å². The molecule has 1 heterocycles. The maximum atomic E-state index is 13.6. The SMILES string of the molecule is CC1CN(S(=O)(=O)c2ccc(F)cc2F)CC(C)N1.Cl. The Hall–Kier alpha value is -0.760. The van der Waals surface area contributed by atoms with Gasteiger partial charge in [-0.2, -0.15) is 4.31 Å². The molecule has 4 nitrogen and oxygen atoms in total. The zero-order valence-electron chi connectivity index (χ0n) is 11.1. The monoisotopic (exact) mass is 326 g/mol. The molecule has 114 valence electrons. The van der Waals surface area contributed by atoms with E-state index in [0.29, 0.717) is 6.07 Å². The molecule has 1 aliphatic heterocycles. The third-order valence-corrected chi connectivity index (χ3v) is 4.90. The fourth-order valence-corrected chi connectivity index (χ4v) is 3.96. The molecule has 2 rings (SSSR count). The molecule has 1 aliphatic rings. The van der Waals surface area contributed by atoms with Gasteiger partial charge in [0.25, 0.3) is 0 Å². The highest BCUT2D eigenvalue weighted by molar-refractivity contribution is 7.89. The fourth-order valence-electron chi connectivity index (χ4n) is 2.30. The summed E-state index contributed by atoms with van der Waals surface area (Å²) >= 11 is 0. The number of nitrogens with zero attached hydrogens (tertiary/aromatic N) is 1. The Bertz CT molecular complexity index is 573. The van der Waals surface area contributed by atoms with Gasteiger partial charge in [0.05, 0.1) is 0 Å². The summed E-state index contributed by atoms with van der Waals surface area (Å²) < 4.78 is 52.4. The first-order valence-corrected chi connectivity index (χ1v) is 7.46. The molecule has 1 fully saturated rings. The summed E-state index contributed by atoms with van der Waals surface area (Å²) in [5, 5.41) is 3.20. The lowest BCUT2D eigenvalue weighted by atomic mass is 10.2. The van der Waals surface area contributed by atoms with E-state index >= 15 is 0 Å². The number of sulfonamides is 1. The molecule has 0 bridgehead atoms. The molecule has 1 aromatic carbocycles. The smallest absolute Gasteiger partial charge is 0.246 e. The molecular formula is C12H17ClF2N2O2S. The molecule has 1 aromatic rings. The highest BCUT2D eigenvalue weighted by Crippen LogP contribution is 2.22. The number of benzene rings is 1. The van der Waals surface area contributed by atoms with Crippen LogP contribution in [0, 0.1) is 11.6 Å². The predicted molar refractivity (Wildman–Crippen MR) is 74.4 cm³/mol. The Kier molecular flexibility index (Phi) is 5.48. The van der Waals surface area contributed by atoms with Gasteiger partial charge in [0.2, 0.25) is 10.0 Å². The topological polar surface area (TPSA) is 49.4 Å². The lowest BCUT2D eigenvalue weighted by Crippen LogP contribution is -2.55. The van der Waals surface area contributed by atoms with Gasteiger partial charge < -0.3 is 5.32 Å². The molecule has 20 heavy (non-hydrogen) atoms. The number of piperazine rings is 1. The van der Waals surface area contributed by atoms with Crippen LogP contribution in [0.5, 0.6) is 0 Å².